The van der Waals surface area contributed by atoms with Crippen molar-refractivity contribution in [3.63, 3.8) is 0 Å². The number of morpholine rings is 1. The maximum absolute atomic E-state index is 15.4. The lowest BCUT2D eigenvalue weighted by atomic mass is 9.83. The molecule has 1 spiro atoms. The summed E-state index contributed by atoms with van der Waals surface area (Å²) >= 11 is 6.09. The molecule has 2 aliphatic heterocycles. The molecule has 2 heterocycles. The molecule has 2 aliphatic rings. The van der Waals surface area contributed by atoms with E-state index in [1.165, 1.54) is 37.4 Å². The number of likely N-dealkylation sites (N-methyl/N-ethyl adjacent to an activating group) is 1. The van der Waals surface area contributed by atoms with Crippen LogP contribution in [-0.2, 0) is 20.7 Å². The van der Waals surface area contributed by atoms with E-state index in [0.29, 0.717) is 62.1 Å². The number of hydrogen-bond donors (Lipinski definition) is 3. The zero-order chi connectivity index (χ0) is 34.6. The minimum Gasteiger partial charge on any atom is -0.465 e. The molecule has 0 saturated carbocycles. The van der Waals surface area contributed by atoms with E-state index in [9.17, 15) is 28.3 Å². The Balaban J connectivity index is 1.40. The minimum absolute atomic E-state index is 0.0209. The Labute approximate surface area is 282 Å². The fourth-order valence-electron chi connectivity index (χ4n) is 6.68. The number of nitrogens with one attached hydrogen (secondary N) is 2. The van der Waals surface area contributed by atoms with Gasteiger partial charge in [-0.25, -0.2) is 18.0 Å². The van der Waals surface area contributed by atoms with Gasteiger partial charge in [0.1, 0.15) is 23.5 Å². The molecule has 9 nitrogen and oxygen atoms in total. The van der Waals surface area contributed by atoms with Crippen LogP contribution in [-0.4, -0.2) is 83.8 Å². The number of amides is 3. The average Bonchev–Trinajstić information content (AvgIpc) is 3.03. The SMILES string of the molecule is CC(=O)N1CCC2(CC1)CNC[C@@H](CCc1c(F)cccc1NC(=O)[C@H]([C@@H](c1ccc(Cl)cc1)c1cc(F)cc(F)c1)N(C)C(=O)O)O2. The Morgan fingerprint density at radius 1 is 1.06 bits per heavy atom. The molecular weight excluding hydrogens is 649 g/mol. The van der Waals surface area contributed by atoms with Crippen molar-refractivity contribution < 1.29 is 37.4 Å². The van der Waals surface area contributed by atoms with Gasteiger partial charge in [0.2, 0.25) is 11.8 Å². The molecule has 2 saturated heterocycles. The molecule has 0 unspecified atom stereocenters. The Kier molecular flexibility index (Phi) is 11.0. The summed E-state index contributed by atoms with van der Waals surface area (Å²) in [5.41, 5.74) is 0.312. The minimum atomic E-state index is -1.53. The van der Waals surface area contributed by atoms with E-state index in [2.05, 4.69) is 10.6 Å². The number of likely N-dealkylation sites (tertiary alicyclic amines) is 1. The van der Waals surface area contributed by atoms with Gasteiger partial charge in [0, 0.05) is 68.4 Å². The number of benzene rings is 3. The highest BCUT2D eigenvalue weighted by Crippen LogP contribution is 2.35. The van der Waals surface area contributed by atoms with E-state index in [0.717, 1.165) is 17.0 Å². The van der Waals surface area contributed by atoms with Crippen molar-refractivity contribution in [1.29, 1.82) is 0 Å². The van der Waals surface area contributed by atoms with Gasteiger partial charge in [-0.3, -0.25) is 14.5 Å². The number of carboxylic acid groups (broad SMARTS) is 1. The molecule has 0 aliphatic carbocycles. The van der Waals surface area contributed by atoms with Crippen molar-refractivity contribution in [2.24, 2.45) is 0 Å². The predicted octanol–water partition coefficient (Wildman–Crippen LogP) is 5.81. The lowest BCUT2D eigenvalue weighted by Gasteiger charge is -2.46. The molecular formula is C35H38ClF3N4O5. The first-order chi connectivity index (χ1) is 22.9. The standard InChI is InChI=1S/C35H38ClF3N4O5/c1-21(44)43-14-12-35(13-15-43)20-40-19-27(48-35)10-11-28-29(39)4-3-5-30(28)41-33(45)32(42(2)34(46)47)31(22-6-8-24(36)9-7-22)23-16-25(37)18-26(38)17-23/h3-9,16-18,27,31-32,40H,10-15,19-20H2,1-2H3,(H,41,45)(H,46,47)/t27-,31+,32+/m1/s1. The molecule has 3 amide bonds. The number of nitrogens with zero attached hydrogens (tertiary/aromatic N) is 2. The summed E-state index contributed by atoms with van der Waals surface area (Å²) in [5, 5.41) is 16.5. The first-order valence-corrected chi connectivity index (χ1v) is 16.1. The van der Waals surface area contributed by atoms with Gasteiger partial charge >= 0.3 is 6.09 Å². The highest BCUT2D eigenvalue weighted by Gasteiger charge is 2.41. The molecule has 3 N–H and O–H groups in total. The van der Waals surface area contributed by atoms with Crippen LogP contribution >= 0.6 is 11.6 Å². The van der Waals surface area contributed by atoms with Crippen LogP contribution in [0.25, 0.3) is 0 Å². The average molecular weight is 687 g/mol. The highest BCUT2D eigenvalue weighted by atomic mass is 35.5. The van der Waals surface area contributed by atoms with Crippen molar-refractivity contribution in [3.8, 4) is 0 Å². The summed E-state index contributed by atoms with van der Waals surface area (Å²) < 4.78 is 50.9. The van der Waals surface area contributed by atoms with Crippen LogP contribution < -0.4 is 10.6 Å². The van der Waals surface area contributed by atoms with Crippen LogP contribution in [0.1, 0.15) is 48.8 Å². The Morgan fingerprint density at radius 3 is 2.35 bits per heavy atom. The lowest BCUT2D eigenvalue weighted by molar-refractivity contribution is -0.153. The smallest absolute Gasteiger partial charge is 0.407 e. The third kappa shape index (κ3) is 8.11. The third-order valence-electron chi connectivity index (χ3n) is 9.23. The van der Waals surface area contributed by atoms with Gasteiger partial charge in [-0.1, -0.05) is 29.8 Å². The first kappa shape index (κ1) is 35.2. The second-order valence-electron chi connectivity index (χ2n) is 12.4. The number of carbonyl (C=O) groups is 3. The molecule has 5 rings (SSSR count). The topological polar surface area (TPSA) is 111 Å². The maximum atomic E-state index is 15.4. The van der Waals surface area contributed by atoms with Gasteiger partial charge in [-0.15, -0.1) is 0 Å². The van der Waals surface area contributed by atoms with Gasteiger partial charge < -0.3 is 25.4 Å². The van der Waals surface area contributed by atoms with E-state index >= 15 is 4.39 Å². The molecule has 2 fully saturated rings. The van der Waals surface area contributed by atoms with Crippen LogP contribution in [0.5, 0.6) is 0 Å². The van der Waals surface area contributed by atoms with Crippen molar-refractivity contribution in [1.82, 2.24) is 15.1 Å². The van der Waals surface area contributed by atoms with E-state index in [1.54, 1.807) is 24.0 Å². The van der Waals surface area contributed by atoms with Crippen LogP contribution in [0.3, 0.4) is 0 Å². The quantitative estimate of drug-likeness (QED) is 0.262. The monoisotopic (exact) mass is 686 g/mol. The van der Waals surface area contributed by atoms with Crippen LogP contribution in [0, 0.1) is 17.5 Å². The number of halogens is 4. The summed E-state index contributed by atoms with van der Waals surface area (Å²) in [4.78, 5) is 40.8. The van der Waals surface area contributed by atoms with Gasteiger partial charge in [0.15, 0.2) is 0 Å². The van der Waals surface area contributed by atoms with Crippen molar-refractivity contribution in [3.05, 3.63) is 99.8 Å². The van der Waals surface area contributed by atoms with Crippen LogP contribution in [0.15, 0.2) is 60.7 Å². The number of ether oxygens (including phenoxy) is 1. The van der Waals surface area contributed by atoms with Crippen molar-refractivity contribution in [2.75, 3.05) is 38.5 Å². The molecule has 0 bridgehead atoms. The fraction of sp³-hybridized carbons (Fsp3) is 0.400. The number of rotatable bonds is 9. The number of piperidine rings is 1. The molecule has 256 valence electrons. The normalized spacial score (nSPS) is 18.6. The van der Waals surface area contributed by atoms with E-state index < -0.39 is 47.0 Å². The molecule has 48 heavy (non-hydrogen) atoms. The van der Waals surface area contributed by atoms with Gasteiger partial charge in [0.25, 0.3) is 0 Å². The zero-order valence-corrected chi connectivity index (χ0v) is 27.4. The summed E-state index contributed by atoms with van der Waals surface area (Å²) in [7, 11) is 1.18. The van der Waals surface area contributed by atoms with Gasteiger partial charge in [-0.2, -0.15) is 0 Å². The second-order valence-corrected chi connectivity index (χ2v) is 12.9. The largest absolute Gasteiger partial charge is 0.465 e. The number of hydrogen-bond acceptors (Lipinski definition) is 5. The van der Waals surface area contributed by atoms with Gasteiger partial charge in [0.05, 0.1) is 11.7 Å². The molecule has 0 radical (unpaired) electrons. The summed E-state index contributed by atoms with van der Waals surface area (Å²) in [6.45, 7) is 3.94. The van der Waals surface area contributed by atoms with Crippen molar-refractivity contribution >= 4 is 35.2 Å². The molecule has 3 aromatic carbocycles. The van der Waals surface area contributed by atoms with Crippen LogP contribution in [0.4, 0.5) is 23.7 Å². The van der Waals surface area contributed by atoms with E-state index in [4.69, 9.17) is 16.3 Å². The molecule has 3 atom stereocenters. The zero-order valence-electron chi connectivity index (χ0n) is 26.6. The number of anilines is 1. The van der Waals surface area contributed by atoms with Gasteiger partial charge in [-0.05, 0) is 73.2 Å². The summed E-state index contributed by atoms with van der Waals surface area (Å²) in [5.74, 6) is -4.34. The molecule has 0 aromatic heterocycles. The fourth-order valence-corrected chi connectivity index (χ4v) is 6.80. The van der Waals surface area contributed by atoms with Crippen molar-refractivity contribution in [2.45, 2.75) is 56.3 Å². The Bertz CT molecular complexity index is 1630. The van der Waals surface area contributed by atoms with E-state index in [-0.39, 0.29) is 35.2 Å². The summed E-state index contributed by atoms with van der Waals surface area (Å²) in [6, 6.07) is 11.6. The first-order valence-electron chi connectivity index (χ1n) is 15.8. The molecule has 13 heteroatoms. The van der Waals surface area contributed by atoms with E-state index in [1.807, 2.05) is 0 Å². The highest BCUT2D eigenvalue weighted by molar-refractivity contribution is 6.30. The third-order valence-corrected chi connectivity index (χ3v) is 9.48. The Hall–Kier alpha value is -4.13. The Morgan fingerprint density at radius 2 is 1.73 bits per heavy atom. The second kappa shape index (κ2) is 15.0. The molecule has 3 aromatic rings. The summed E-state index contributed by atoms with van der Waals surface area (Å²) in [6.07, 6.45) is 0.256. The number of carbonyl (C=O) groups excluding carboxylic acids is 2. The lowest BCUT2D eigenvalue weighted by Crippen LogP contribution is -2.58. The maximum Gasteiger partial charge on any atom is 0.407 e. The van der Waals surface area contributed by atoms with Crippen LogP contribution in [0.2, 0.25) is 5.02 Å². The predicted molar refractivity (Wildman–Crippen MR) is 175 cm³/mol.